The Bertz CT molecular complexity index is 1100. The van der Waals surface area contributed by atoms with Gasteiger partial charge in [0.15, 0.2) is 11.5 Å². The van der Waals surface area contributed by atoms with Crippen molar-refractivity contribution in [3.8, 4) is 11.4 Å². The summed E-state index contributed by atoms with van der Waals surface area (Å²) in [6, 6.07) is 14.1. The molecule has 1 atom stereocenters. The average molecular weight is 363 g/mol. The Hall–Kier alpha value is -3.06. The highest BCUT2D eigenvalue weighted by Gasteiger charge is 2.19. The monoisotopic (exact) mass is 363 g/mol. The molecule has 1 unspecified atom stereocenters. The number of anilines is 1. The summed E-state index contributed by atoms with van der Waals surface area (Å²) in [7, 11) is 0. The van der Waals surface area contributed by atoms with Crippen LogP contribution in [0.15, 0.2) is 48.5 Å². The van der Waals surface area contributed by atoms with Gasteiger partial charge in [-0.3, -0.25) is 0 Å². The third-order valence-corrected chi connectivity index (χ3v) is 4.86. The van der Waals surface area contributed by atoms with Gasteiger partial charge in [-0.05, 0) is 49.2 Å². The quantitative estimate of drug-likeness (QED) is 0.599. The van der Waals surface area contributed by atoms with Crippen molar-refractivity contribution in [3.63, 3.8) is 0 Å². The Labute approximate surface area is 155 Å². The molecule has 136 valence electrons. The molecule has 4 aromatic rings. The Morgan fingerprint density at radius 3 is 2.78 bits per heavy atom. The Morgan fingerprint density at radius 1 is 1.11 bits per heavy atom. The van der Waals surface area contributed by atoms with Crippen molar-refractivity contribution in [3.05, 3.63) is 54.3 Å². The molecule has 5 rings (SSSR count). The van der Waals surface area contributed by atoms with E-state index in [1.165, 1.54) is 12.1 Å². The maximum atomic E-state index is 13.3. The van der Waals surface area contributed by atoms with E-state index < -0.39 is 0 Å². The SMILES string of the molecule is Fc1ccc(-c2nnc3c4ccccc4nc(NCC4CCCO4)n23)cc1. The molecule has 0 bridgehead atoms. The second-order valence-electron chi connectivity index (χ2n) is 6.66. The molecule has 27 heavy (non-hydrogen) atoms. The zero-order valence-corrected chi connectivity index (χ0v) is 14.6. The lowest BCUT2D eigenvalue weighted by molar-refractivity contribution is 0.120. The molecule has 0 amide bonds. The number of ether oxygens (including phenoxy) is 1. The summed E-state index contributed by atoms with van der Waals surface area (Å²) in [6.45, 7) is 1.47. The van der Waals surface area contributed by atoms with Crippen LogP contribution in [0.4, 0.5) is 10.3 Å². The molecular formula is C20H18FN5O. The van der Waals surface area contributed by atoms with E-state index in [0.717, 1.165) is 41.6 Å². The van der Waals surface area contributed by atoms with Crippen LogP contribution in [0.5, 0.6) is 0 Å². The molecule has 1 fully saturated rings. The normalized spacial score (nSPS) is 17.0. The van der Waals surface area contributed by atoms with Gasteiger partial charge in [0.1, 0.15) is 5.82 Å². The molecule has 2 aromatic carbocycles. The number of hydrogen-bond donors (Lipinski definition) is 1. The number of aromatic nitrogens is 4. The zero-order chi connectivity index (χ0) is 18.2. The van der Waals surface area contributed by atoms with Crippen molar-refractivity contribution in [2.24, 2.45) is 0 Å². The summed E-state index contributed by atoms with van der Waals surface area (Å²) in [5.41, 5.74) is 2.34. The maximum Gasteiger partial charge on any atom is 0.211 e. The highest BCUT2D eigenvalue weighted by molar-refractivity contribution is 5.93. The van der Waals surface area contributed by atoms with Gasteiger partial charge in [-0.25, -0.2) is 13.8 Å². The van der Waals surface area contributed by atoms with Gasteiger partial charge in [-0.15, -0.1) is 10.2 Å². The summed E-state index contributed by atoms with van der Waals surface area (Å²) in [6.07, 6.45) is 2.30. The second kappa shape index (κ2) is 6.59. The first-order chi connectivity index (χ1) is 13.3. The minimum absolute atomic E-state index is 0.180. The molecule has 7 heteroatoms. The van der Waals surface area contributed by atoms with Crippen LogP contribution < -0.4 is 5.32 Å². The molecule has 6 nitrogen and oxygen atoms in total. The summed E-state index contributed by atoms with van der Waals surface area (Å²) in [4.78, 5) is 4.78. The van der Waals surface area contributed by atoms with E-state index in [1.807, 2.05) is 28.7 Å². The van der Waals surface area contributed by atoms with E-state index in [9.17, 15) is 4.39 Å². The molecule has 1 saturated heterocycles. The van der Waals surface area contributed by atoms with Crippen molar-refractivity contribution in [1.82, 2.24) is 19.6 Å². The lowest BCUT2D eigenvalue weighted by atomic mass is 10.2. The standard InChI is InChI=1S/C20H18FN5O/c21-14-9-7-13(8-10-14)18-24-25-19-16-5-1-2-6-17(16)23-20(26(18)19)22-12-15-4-3-11-27-15/h1-2,5-10,15H,3-4,11-12H2,(H,22,23). The van der Waals surface area contributed by atoms with Gasteiger partial charge in [0.2, 0.25) is 5.95 Å². The molecule has 2 aromatic heterocycles. The smallest absolute Gasteiger partial charge is 0.211 e. The summed E-state index contributed by atoms with van der Waals surface area (Å²) in [5.74, 6) is 0.995. The van der Waals surface area contributed by atoms with Crippen LogP contribution in [0, 0.1) is 5.82 Å². The number of para-hydroxylation sites is 1. The largest absolute Gasteiger partial charge is 0.376 e. The predicted octanol–water partition coefficient (Wildman–Crippen LogP) is 3.67. The lowest BCUT2D eigenvalue weighted by Crippen LogP contribution is -2.20. The number of nitrogens with zero attached hydrogens (tertiary/aromatic N) is 4. The first-order valence-corrected chi connectivity index (χ1v) is 9.05. The number of nitrogens with one attached hydrogen (secondary N) is 1. The van der Waals surface area contributed by atoms with Gasteiger partial charge >= 0.3 is 0 Å². The zero-order valence-electron chi connectivity index (χ0n) is 14.6. The van der Waals surface area contributed by atoms with E-state index in [-0.39, 0.29) is 11.9 Å². The predicted molar refractivity (Wildman–Crippen MR) is 101 cm³/mol. The highest BCUT2D eigenvalue weighted by Crippen LogP contribution is 2.27. The van der Waals surface area contributed by atoms with Gasteiger partial charge in [-0.1, -0.05) is 12.1 Å². The minimum atomic E-state index is -0.284. The fourth-order valence-electron chi connectivity index (χ4n) is 3.50. The molecule has 0 aliphatic carbocycles. The van der Waals surface area contributed by atoms with Crippen LogP contribution >= 0.6 is 0 Å². The van der Waals surface area contributed by atoms with Crippen LogP contribution in [0.3, 0.4) is 0 Å². The van der Waals surface area contributed by atoms with Gasteiger partial charge in [-0.2, -0.15) is 0 Å². The third kappa shape index (κ3) is 2.90. The van der Waals surface area contributed by atoms with E-state index in [0.29, 0.717) is 18.3 Å². The fourth-order valence-corrected chi connectivity index (χ4v) is 3.50. The van der Waals surface area contributed by atoms with Crippen molar-refractivity contribution in [1.29, 1.82) is 0 Å². The van der Waals surface area contributed by atoms with Crippen molar-refractivity contribution in [2.75, 3.05) is 18.5 Å². The maximum absolute atomic E-state index is 13.3. The average Bonchev–Trinajstić information content (AvgIpc) is 3.37. The Morgan fingerprint density at radius 2 is 1.96 bits per heavy atom. The summed E-state index contributed by atoms with van der Waals surface area (Å²) in [5, 5.41) is 13.1. The first-order valence-electron chi connectivity index (χ1n) is 9.05. The second-order valence-corrected chi connectivity index (χ2v) is 6.66. The minimum Gasteiger partial charge on any atom is -0.376 e. The number of fused-ring (bicyclic) bond motifs is 3. The molecule has 3 heterocycles. The summed E-state index contributed by atoms with van der Waals surface area (Å²) < 4.78 is 20.9. The van der Waals surface area contributed by atoms with Crippen LogP contribution in [0.25, 0.3) is 27.9 Å². The van der Waals surface area contributed by atoms with Crippen LogP contribution in [-0.2, 0) is 4.74 Å². The van der Waals surface area contributed by atoms with Crippen molar-refractivity contribution in [2.45, 2.75) is 18.9 Å². The van der Waals surface area contributed by atoms with Gasteiger partial charge in [0, 0.05) is 24.1 Å². The summed E-state index contributed by atoms with van der Waals surface area (Å²) >= 11 is 0. The van der Waals surface area contributed by atoms with E-state index >= 15 is 0 Å². The number of benzene rings is 2. The molecular weight excluding hydrogens is 345 g/mol. The van der Waals surface area contributed by atoms with Crippen molar-refractivity contribution >= 4 is 22.5 Å². The molecule has 0 saturated carbocycles. The molecule has 0 radical (unpaired) electrons. The van der Waals surface area contributed by atoms with Crippen LogP contribution in [0.1, 0.15) is 12.8 Å². The van der Waals surface area contributed by atoms with E-state index in [1.54, 1.807) is 12.1 Å². The van der Waals surface area contributed by atoms with Crippen LogP contribution in [0.2, 0.25) is 0 Å². The molecule has 1 N–H and O–H groups in total. The van der Waals surface area contributed by atoms with Crippen molar-refractivity contribution < 1.29 is 9.13 Å². The third-order valence-electron chi connectivity index (χ3n) is 4.86. The fraction of sp³-hybridized carbons (Fsp3) is 0.250. The Balaban J connectivity index is 1.66. The van der Waals surface area contributed by atoms with E-state index in [4.69, 9.17) is 9.72 Å². The van der Waals surface area contributed by atoms with E-state index in [2.05, 4.69) is 15.5 Å². The van der Waals surface area contributed by atoms with Gasteiger partial charge in [0.25, 0.3) is 0 Å². The number of hydrogen-bond acceptors (Lipinski definition) is 5. The topological polar surface area (TPSA) is 64.3 Å². The lowest BCUT2D eigenvalue weighted by Gasteiger charge is -2.14. The first kappa shape index (κ1) is 16.1. The molecule has 1 aliphatic heterocycles. The highest BCUT2D eigenvalue weighted by atomic mass is 19.1. The van der Waals surface area contributed by atoms with Gasteiger partial charge < -0.3 is 10.1 Å². The van der Waals surface area contributed by atoms with Crippen LogP contribution in [-0.4, -0.2) is 38.8 Å². The van der Waals surface area contributed by atoms with Gasteiger partial charge in [0.05, 0.1) is 11.6 Å². The Kier molecular flexibility index (Phi) is 3.94. The molecule has 1 aliphatic rings. The molecule has 0 spiro atoms. The number of rotatable bonds is 4. The number of halogens is 1.